The van der Waals surface area contributed by atoms with Gasteiger partial charge in [-0.15, -0.1) is 0 Å². The number of aliphatic hydroxyl groups is 2. The molecule has 0 spiro atoms. The van der Waals surface area contributed by atoms with E-state index < -0.39 is 0 Å². The fraction of sp³-hybridized carbons (Fsp3) is 0.429. The zero-order valence-electron chi connectivity index (χ0n) is 10.3. The van der Waals surface area contributed by atoms with Crippen molar-refractivity contribution in [2.24, 2.45) is 0 Å². The maximum Gasteiger partial charge on any atom is 0.104 e. The molecule has 1 unspecified atom stereocenters. The third kappa shape index (κ3) is 5.01. The number of aliphatic hydroxyl groups excluding tert-OH is 2. The summed E-state index contributed by atoms with van der Waals surface area (Å²) in [5.74, 6) is 5.59. The smallest absolute Gasteiger partial charge is 0.104 e. The topological polar surface area (TPSA) is 43.7 Å². The predicted octanol–water partition coefficient (Wildman–Crippen LogP) is 0.843. The van der Waals surface area contributed by atoms with E-state index in [9.17, 15) is 5.11 Å². The van der Waals surface area contributed by atoms with E-state index in [1.165, 1.54) is 0 Å². The van der Waals surface area contributed by atoms with Crippen LogP contribution in [0.3, 0.4) is 0 Å². The van der Waals surface area contributed by atoms with Gasteiger partial charge in [0.15, 0.2) is 0 Å². The van der Waals surface area contributed by atoms with Crippen molar-refractivity contribution in [3.05, 3.63) is 35.4 Å². The highest BCUT2D eigenvalue weighted by Gasteiger charge is 2.06. The van der Waals surface area contributed by atoms with Gasteiger partial charge in [-0.25, -0.2) is 0 Å². The minimum absolute atomic E-state index is 0.127. The van der Waals surface area contributed by atoms with Crippen LogP contribution in [0.4, 0.5) is 0 Å². The number of nitrogens with zero attached hydrogens (tertiary/aromatic N) is 1. The van der Waals surface area contributed by atoms with Crippen molar-refractivity contribution < 1.29 is 10.2 Å². The molecule has 0 fully saturated rings. The predicted molar refractivity (Wildman–Crippen MR) is 68.4 cm³/mol. The summed E-state index contributed by atoms with van der Waals surface area (Å²) < 4.78 is 0. The van der Waals surface area contributed by atoms with E-state index in [1.807, 2.05) is 36.2 Å². The van der Waals surface area contributed by atoms with Gasteiger partial charge < -0.3 is 10.2 Å². The van der Waals surface area contributed by atoms with Gasteiger partial charge in [-0.2, -0.15) is 0 Å². The highest BCUT2D eigenvalue weighted by molar-refractivity contribution is 5.41. The van der Waals surface area contributed by atoms with E-state index in [0.29, 0.717) is 6.54 Å². The van der Waals surface area contributed by atoms with Crippen LogP contribution in [0.1, 0.15) is 18.1 Å². The molecule has 1 aromatic carbocycles. The van der Waals surface area contributed by atoms with Crippen LogP contribution in [-0.4, -0.2) is 41.4 Å². The Morgan fingerprint density at radius 2 is 2.06 bits per heavy atom. The van der Waals surface area contributed by atoms with Crippen LogP contribution in [-0.2, 0) is 6.54 Å². The quantitative estimate of drug-likeness (QED) is 0.758. The molecule has 1 aromatic rings. The molecule has 0 heterocycles. The summed E-state index contributed by atoms with van der Waals surface area (Å²) in [5.41, 5.74) is 2.04. The molecule has 17 heavy (non-hydrogen) atoms. The third-order valence-electron chi connectivity index (χ3n) is 2.34. The van der Waals surface area contributed by atoms with Crippen molar-refractivity contribution in [1.82, 2.24) is 4.90 Å². The number of likely N-dealkylation sites (N-methyl/N-ethyl adjacent to an activating group) is 1. The van der Waals surface area contributed by atoms with Crippen LogP contribution in [0.25, 0.3) is 0 Å². The van der Waals surface area contributed by atoms with Gasteiger partial charge in [0, 0.05) is 18.7 Å². The molecule has 2 N–H and O–H groups in total. The average Bonchev–Trinajstić information content (AvgIpc) is 2.26. The first-order chi connectivity index (χ1) is 8.13. The minimum Gasteiger partial charge on any atom is -0.392 e. The summed E-state index contributed by atoms with van der Waals surface area (Å²) in [6.45, 7) is 3.01. The van der Waals surface area contributed by atoms with Crippen molar-refractivity contribution in [1.29, 1.82) is 0 Å². The first kappa shape index (κ1) is 13.7. The second-order valence-corrected chi connectivity index (χ2v) is 4.16. The van der Waals surface area contributed by atoms with Crippen molar-refractivity contribution in [2.75, 3.05) is 20.2 Å². The zero-order valence-corrected chi connectivity index (χ0v) is 10.3. The first-order valence-electron chi connectivity index (χ1n) is 5.67. The van der Waals surface area contributed by atoms with E-state index in [2.05, 4.69) is 11.8 Å². The standard InChI is InChI=1S/C14H19NO2/c1-12(17)10-15(2)11-14-7-4-3-6-13(14)8-5-9-16/h3-4,6-7,12,16-17H,9-11H2,1-2H3. The van der Waals surface area contributed by atoms with Gasteiger partial charge >= 0.3 is 0 Å². The summed E-state index contributed by atoms with van der Waals surface area (Å²) >= 11 is 0. The lowest BCUT2D eigenvalue weighted by molar-refractivity contribution is 0.138. The van der Waals surface area contributed by atoms with Gasteiger partial charge in [0.05, 0.1) is 6.10 Å². The van der Waals surface area contributed by atoms with Gasteiger partial charge in [0.25, 0.3) is 0 Å². The second-order valence-electron chi connectivity index (χ2n) is 4.16. The maximum absolute atomic E-state index is 9.31. The Labute approximate surface area is 103 Å². The highest BCUT2D eigenvalue weighted by atomic mass is 16.3. The lowest BCUT2D eigenvalue weighted by Gasteiger charge is -2.19. The Hall–Kier alpha value is -1.34. The van der Waals surface area contributed by atoms with Gasteiger partial charge in [0.2, 0.25) is 0 Å². The van der Waals surface area contributed by atoms with Crippen LogP contribution in [0, 0.1) is 11.8 Å². The molecule has 0 radical (unpaired) electrons. The monoisotopic (exact) mass is 233 g/mol. The largest absolute Gasteiger partial charge is 0.392 e. The summed E-state index contributed by atoms with van der Waals surface area (Å²) in [5, 5.41) is 18.0. The number of hydrogen-bond acceptors (Lipinski definition) is 3. The van der Waals surface area contributed by atoms with E-state index in [1.54, 1.807) is 6.92 Å². The fourth-order valence-corrected chi connectivity index (χ4v) is 1.72. The molecule has 1 rings (SSSR count). The molecular formula is C14H19NO2. The Morgan fingerprint density at radius 3 is 2.71 bits per heavy atom. The van der Waals surface area contributed by atoms with Crippen LogP contribution in [0.2, 0.25) is 0 Å². The SMILES string of the molecule is CC(O)CN(C)Cc1ccccc1C#CCO. The number of benzene rings is 1. The number of rotatable bonds is 4. The van der Waals surface area contributed by atoms with Crippen molar-refractivity contribution >= 4 is 0 Å². The summed E-state index contributed by atoms with van der Waals surface area (Å²) in [4.78, 5) is 2.05. The van der Waals surface area contributed by atoms with Crippen molar-refractivity contribution in [3.8, 4) is 11.8 Å². The third-order valence-corrected chi connectivity index (χ3v) is 2.34. The molecule has 0 saturated carbocycles. The number of hydrogen-bond donors (Lipinski definition) is 2. The first-order valence-corrected chi connectivity index (χ1v) is 5.67. The minimum atomic E-state index is -0.337. The van der Waals surface area contributed by atoms with E-state index in [-0.39, 0.29) is 12.7 Å². The van der Waals surface area contributed by atoms with Gasteiger partial charge in [0.1, 0.15) is 6.61 Å². The van der Waals surface area contributed by atoms with Gasteiger partial charge in [-0.05, 0) is 25.6 Å². The average molecular weight is 233 g/mol. The Balaban J connectivity index is 2.76. The Morgan fingerprint density at radius 1 is 1.35 bits per heavy atom. The van der Waals surface area contributed by atoms with E-state index in [4.69, 9.17) is 5.11 Å². The van der Waals surface area contributed by atoms with Crippen LogP contribution in [0.5, 0.6) is 0 Å². The zero-order chi connectivity index (χ0) is 12.7. The van der Waals surface area contributed by atoms with Crippen LogP contribution in [0.15, 0.2) is 24.3 Å². The summed E-state index contributed by atoms with van der Waals surface area (Å²) in [6.07, 6.45) is -0.337. The molecule has 3 nitrogen and oxygen atoms in total. The summed E-state index contributed by atoms with van der Waals surface area (Å²) in [6, 6.07) is 7.85. The normalized spacial score (nSPS) is 12.1. The molecule has 0 aromatic heterocycles. The summed E-state index contributed by atoms with van der Waals surface area (Å²) in [7, 11) is 1.96. The van der Waals surface area contributed by atoms with Crippen molar-refractivity contribution in [2.45, 2.75) is 19.6 Å². The molecular weight excluding hydrogens is 214 g/mol. The molecule has 3 heteroatoms. The molecule has 1 atom stereocenters. The van der Waals surface area contributed by atoms with Crippen LogP contribution < -0.4 is 0 Å². The van der Waals surface area contributed by atoms with Crippen LogP contribution >= 0.6 is 0 Å². The molecule has 0 amide bonds. The van der Waals surface area contributed by atoms with Crippen molar-refractivity contribution in [3.63, 3.8) is 0 Å². The van der Waals surface area contributed by atoms with E-state index >= 15 is 0 Å². The van der Waals surface area contributed by atoms with E-state index in [0.717, 1.165) is 17.7 Å². The lowest BCUT2D eigenvalue weighted by atomic mass is 10.1. The Kier molecular flexibility index (Phi) is 5.71. The molecule has 0 saturated heterocycles. The van der Waals surface area contributed by atoms with Gasteiger partial charge in [-0.1, -0.05) is 30.0 Å². The highest BCUT2D eigenvalue weighted by Crippen LogP contribution is 2.10. The molecule has 0 aliphatic rings. The maximum atomic E-state index is 9.31. The second kappa shape index (κ2) is 7.08. The van der Waals surface area contributed by atoms with Gasteiger partial charge in [-0.3, -0.25) is 4.90 Å². The molecule has 0 bridgehead atoms. The molecule has 0 aliphatic carbocycles. The fourth-order valence-electron chi connectivity index (χ4n) is 1.72. The Bertz CT molecular complexity index is 404. The molecule has 0 aliphatic heterocycles. The lowest BCUT2D eigenvalue weighted by Crippen LogP contribution is -2.27. The molecule has 92 valence electrons.